The Hall–Kier alpha value is -3.50. The number of rotatable bonds is 12. The fourth-order valence-corrected chi connectivity index (χ4v) is 3.64. The van der Waals surface area contributed by atoms with Crippen LogP contribution in [0.1, 0.15) is 24.5 Å². The smallest absolute Gasteiger partial charge is 0.273 e. The molecule has 0 bridgehead atoms. The SMILES string of the molecule is CCOC1NC(N(C=O)Cc2ccncc2)=C(C(=O)N(C)CCCO)N1Cc1ccc(F)cc1. The van der Waals surface area contributed by atoms with Crippen molar-refractivity contribution in [1.82, 2.24) is 25.0 Å². The highest BCUT2D eigenvalue weighted by atomic mass is 19.1. The Morgan fingerprint density at radius 1 is 1.24 bits per heavy atom. The molecule has 1 unspecified atom stereocenters. The fourth-order valence-electron chi connectivity index (χ4n) is 3.64. The van der Waals surface area contributed by atoms with Gasteiger partial charge in [-0.25, -0.2) is 4.39 Å². The number of pyridine rings is 1. The van der Waals surface area contributed by atoms with E-state index in [1.54, 1.807) is 48.6 Å². The maximum Gasteiger partial charge on any atom is 0.273 e. The Labute approximate surface area is 198 Å². The Balaban J connectivity index is 2.02. The molecule has 2 N–H and O–H groups in total. The van der Waals surface area contributed by atoms with E-state index in [-0.39, 0.29) is 37.1 Å². The van der Waals surface area contributed by atoms with Gasteiger partial charge in [-0.2, -0.15) is 0 Å². The van der Waals surface area contributed by atoms with Gasteiger partial charge in [0.2, 0.25) is 12.8 Å². The second-order valence-corrected chi connectivity index (χ2v) is 7.80. The summed E-state index contributed by atoms with van der Waals surface area (Å²) in [7, 11) is 1.64. The zero-order chi connectivity index (χ0) is 24.5. The van der Waals surface area contributed by atoms with Crippen molar-refractivity contribution >= 4 is 12.3 Å². The molecule has 34 heavy (non-hydrogen) atoms. The minimum absolute atomic E-state index is 0.0505. The van der Waals surface area contributed by atoms with Crippen LogP contribution in [-0.2, 0) is 27.4 Å². The van der Waals surface area contributed by atoms with Crippen molar-refractivity contribution in [3.8, 4) is 0 Å². The van der Waals surface area contributed by atoms with Crippen molar-refractivity contribution in [2.24, 2.45) is 0 Å². The Morgan fingerprint density at radius 3 is 2.56 bits per heavy atom. The van der Waals surface area contributed by atoms with Gasteiger partial charge in [0.25, 0.3) is 5.91 Å². The van der Waals surface area contributed by atoms with Crippen LogP contribution < -0.4 is 5.32 Å². The van der Waals surface area contributed by atoms with Crippen LogP contribution in [0.4, 0.5) is 4.39 Å². The summed E-state index contributed by atoms with van der Waals surface area (Å²) in [5.41, 5.74) is 1.86. The molecule has 9 nitrogen and oxygen atoms in total. The van der Waals surface area contributed by atoms with Crippen molar-refractivity contribution in [1.29, 1.82) is 0 Å². The molecule has 10 heteroatoms. The molecule has 3 rings (SSSR count). The summed E-state index contributed by atoms with van der Waals surface area (Å²) in [6, 6.07) is 9.57. The number of aliphatic hydroxyl groups is 1. The first-order valence-corrected chi connectivity index (χ1v) is 11.1. The zero-order valence-electron chi connectivity index (χ0n) is 19.4. The van der Waals surface area contributed by atoms with Gasteiger partial charge in [-0.1, -0.05) is 12.1 Å². The quantitative estimate of drug-likeness (QED) is 0.454. The topological polar surface area (TPSA) is 98.2 Å². The molecular weight excluding hydrogens is 441 g/mol. The fraction of sp³-hybridized carbons (Fsp3) is 0.375. The van der Waals surface area contributed by atoms with Gasteiger partial charge in [0.1, 0.15) is 17.3 Å². The molecule has 1 aliphatic rings. The first-order chi connectivity index (χ1) is 16.5. The molecule has 1 aromatic carbocycles. The van der Waals surface area contributed by atoms with E-state index in [0.29, 0.717) is 31.8 Å². The Bertz CT molecular complexity index is 987. The third-order valence-electron chi connectivity index (χ3n) is 5.36. The molecule has 1 atom stereocenters. The number of benzene rings is 1. The molecule has 0 aliphatic carbocycles. The second kappa shape index (κ2) is 12.1. The molecule has 2 aromatic rings. The van der Waals surface area contributed by atoms with Gasteiger partial charge in [0.15, 0.2) is 0 Å². The van der Waals surface area contributed by atoms with Crippen LogP contribution in [0.5, 0.6) is 0 Å². The summed E-state index contributed by atoms with van der Waals surface area (Å²) < 4.78 is 19.3. The van der Waals surface area contributed by atoms with Gasteiger partial charge in [-0.15, -0.1) is 0 Å². The molecule has 0 fully saturated rings. The predicted octanol–water partition coefficient (Wildman–Crippen LogP) is 1.61. The van der Waals surface area contributed by atoms with E-state index in [0.717, 1.165) is 11.1 Å². The van der Waals surface area contributed by atoms with E-state index in [1.165, 1.54) is 21.9 Å². The van der Waals surface area contributed by atoms with Gasteiger partial charge in [0, 0.05) is 45.7 Å². The molecule has 1 aliphatic heterocycles. The summed E-state index contributed by atoms with van der Waals surface area (Å²) >= 11 is 0. The van der Waals surface area contributed by atoms with Crippen LogP contribution in [0.15, 0.2) is 60.3 Å². The van der Waals surface area contributed by atoms with Crippen LogP contribution >= 0.6 is 0 Å². The maximum atomic E-state index is 13.6. The zero-order valence-corrected chi connectivity index (χ0v) is 19.4. The van der Waals surface area contributed by atoms with Gasteiger partial charge < -0.3 is 25.0 Å². The number of halogens is 1. The first kappa shape index (κ1) is 25.1. The minimum atomic E-state index is -0.713. The van der Waals surface area contributed by atoms with E-state index in [9.17, 15) is 19.1 Å². The summed E-state index contributed by atoms with van der Waals surface area (Å²) in [4.78, 5) is 34.4. The largest absolute Gasteiger partial charge is 0.396 e. The summed E-state index contributed by atoms with van der Waals surface area (Å²) in [6.45, 7) is 2.94. The molecule has 0 radical (unpaired) electrons. The average Bonchev–Trinajstić information content (AvgIpc) is 3.20. The van der Waals surface area contributed by atoms with Crippen LogP contribution in [-0.4, -0.2) is 70.3 Å². The molecule has 0 saturated carbocycles. The number of nitrogens with zero attached hydrogens (tertiary/aromatic N) is 4. The minimum Gasteiger partial charge on any atom is -0.396 e. The number of likely N-dealkylation sites (N-methyl/N-ethyl adjacent to an activating group) is 1. The van der Waals surface area contributed by atoms with Crippen LogP contribution in [0.25, 0.3) is 0 Å². The lowest BCUT2D eigenvalue weighted by molar-refractivity contribution is -0.130. The molecular formula is C24H30FN5O4. The highest BCUT2D eigenvalue weighted by Crippen LogP contribution is 2.28. The average molecular weight is 472 g/mol. The molecule has 0 saturated heterocycles. The van der Waals surface area contributed by atoms with Crippen LogP contribution in [0.2, 0.25) is 0 Å². The van der Waals surface area contributed by atoms with E-state index < -0.39 is 6.35 Å². The number of carbonyl (C=O) groups is 2. The van der Waals surface area contributed by atoms with Gasteiger partial charge in [0.05, 0.1) is 6.54 Å². The number of carbonyl (C=O) groups excluding carboxylic acids is 2. The van der Waals surface area contributed by atoms with E-state index in [1.807, 2.05) is 6.92 Å². The summed E-state index contributed by atoms with van der Waals surface area (Å²) in [5.74, 6) is -0.375. The molecule has 2 amide bonds. The third-order valence-corrected chi connectivity index (χ3v) is 5.36. The van der Waals surface area contributed by atoms with E-state index >= 15 is 0 Å². The molecule has 0 spiro atoms. The number of ether oxygens (including phenoxy) is 1. The number of aromatic nitrogens is 1. The number of hydrogen-bond acceptors (Lipinski definition) is 7. The molecule has 2 heterocycles. The molecule has 182 valence electrons. The third kappa shape index (κ3) is 6.09. The Morgan fingerprint density at radius 2 is 1.94 bits per heavy atom. The van der Waals surface area contributed by atoms with E-state index in [2.05, 4.69) is 10.3 Å². The van der Waals surface area contributed by atoms with Crippen molar-refractivity contribution in [3.05, 3.63) is 77.3 Å². The summed E-state index contributed by atoms with van der Waals surface area (Å²) in [5, 5.41) is 12.4. The summed E-state index contributed by atoms with van der Waals surface area (Å²) in [6.07, 6.45) is 3.63. The number of nitrogens with one attached hydrogen (secondary N) is 1. The van der Waals surface area contributed by atoms with Gasteiger partial charge >= 0.3 is 0 Å². The second-order valence-electron chi connectivity index (χ2n) is 7.80. The lowest BCUT2D eigenvalue weighted by Crippen LogP contribution is -2.42. The van der Waals surface area contributed by atoms with Crippen LogP contribution in [0.3, 0.4) is 0 Å². The van der Waals surface area contributed by atoms with Crippen molar-refractivity contribution in [2.75, 3.05) is 26.8 Å². The Kier molecular flexibility index (Phi) is 8.94. The normalized spacial score (nSPS) is 15.3. The van der Waals surface area contributed by atoms with Gasteiger partial charge in [-0.05, 0) is 48.7 Å². The van der Waals surface area contributed by atoms with Crippen molar-refractivity contribution in [2.45, 2.75) is 32.8 Å². The highest BCUT2D eigenvalue weighted by molar-refractivity contribution is 5.94. The standard InChI is InChI=1S/C24H30FN5O4/c1-3-34-24-27-22(29(17-32)15-19-9-11-26-12-10-19)21(23(33)28(2)13-4-14-31)30(24)16-18-5-7-20(25)8-6-18/h5-12,17,24,27,31H,3-4,13-16H2,1-2H3. The number of aliphatic hydroxyl groups excluding tert-OH is 1. The monoisotopic (exact) mass is 471 g/mol. The van der Waals surface area contributed by atoms with Crippen molar-refractivity contribution in [3.63, 3.8) is 0 Å². The van der Waals surface area contributed by atoms with Gasteiger partial charge in [-0.3, -0.25) is 19.5 Å². The first-order valence-electron chi connectivity index (χ1n) is 11.1. The van der Waals surface area contributed by atoms with E-state index in [4.69, 9.17) is 4.74 Å². The lowest BCUT2D eigenvalue weighted by atomic mass is 10.2. The van der Waals surface area contributed by atoms with Crippen molar-refractivity contribution < 1.29 is 23.8 Å². The number of hydrogen-bond donors (Lipinski definition) is 2. The predicted molar refractivity (Wildman–Crippen MR) is 123 cm³/mol. The number of amides is 2. The maximum absolute atomic E-state index is 13.6. The highest BCUT2D eigenvalue weighted by Gasteiger charge is 2.39. The lowest BCUT2D eigenvalue weighted by Gasteiger charge is -2.29. The molecule has 1 aromatic heterocycles. The van der Waals surface area contributed by atoms with Crippen LogP contribution in [0, 0.1) is 5.82 Å².